The molecule has 2 N–H and O–H groups in total. The Morgan fingerprint density at radius 3 is 2.74 bits per heavy atom. The van der Waals surface area contributed by atoms with Gasteiger partial charge in [-0.25, -0.2) is 4.79 Å². The van der Waals surface area contributed by atoms with E-state index in [0.29, 0.717) is 13.1 Å². The van der Waals surface area contributed by atoms with Gasteiger partial charge >= 0.3 is 6.03 Å². The molecule has 5 heteroatoms. The van der Waals surface area contributed by atoms with Gasteiger partial charge in [-0.2, -0.15) is 0 Å². The highest BCUT2D eigenvalue weighted by molar-refractivity contribution is 5.86. The zero-order chi connectivity index (χ0) is 16.4. The summed E-state index contributed by atoms with van der Waals surface area (Å²) in [5, 5.41) is 5.64. The van der Waals surface area contributed by atoms with Crippen molar-refractivity contribution in [3.63, 3.8) is 0 Å². The molecule has 1 unspecified atom stereocenters. The minimum absolute atomic E-state index is 0.126. The Balaban J connectivity index is 1.64. The van der Waals surface area contributed by atoms with Gasteiger partial charge in [0.2, 0.25) is 5.91 Å². The van der Waals surface area contributed by atoms with Gasteiger partial charge in [0.15, 0.2) is 0 Å². The third-order valence-electron chi connectivity index (χ3n) is 4.87. The van der Waals surface area contributed by atoms with Gasteiger partial charge in [-0.3, -0.25) is 4.79 Å². The van der Waals surface area contributed by atoms with Crippen molar-refractivity contribution in [1.82, 2.24) is 15.5 Å². The second kappa shape index (κ2) is 6.22. The fourth-order valence-electron chi connectivity index (χ4n) is 3.35. The van der Waals surface area contributed by atoms with Crippen LogP contribution in [0.1, 0.15) is 44.2 Å². The first-order valence-corrected chi connectivity index (χ1v) is 8.47. The van der Waals surface area contributed by atoms with Gasteiger partial charge in [-0.05, 0) is 37.3 Å². The van der Waals surface area contributed by atoms with E-state index < -0.39 is 6.04 Å². The highest BCUT2D eigenvalue weighted by Crippen LogP contribution is 2.52. The maximum absolute atomic E-state index is 12.5. The molecule has 2 aliphatic rings. The van der Waals surface area contributed by atoms with Crippen LogP contribution in [0.2, 0.25) is 0 Å². The Labute approximate surface area is 137 Å². The summed E-state index contributed by atoms with van der Waals surface area (Å²) in [5.74, 6) is -0.126. The Kier molecular flexibility index (Phi) is 4.28. The molecule has 3 rings (SSSR count). The minimum Gasteiger partial charge on any atom is -0.354 e. The topological polar surface area (TPSA) is 61.4 Å². The van der Waals surface area contributed by atoms with Crippen molar-refractivity contribution in [2.75, 3.05) is 13.1 Å². The van der Waals surface area contributed by atoms with Crippen LogP contribution in [0, 0.1) is 0 Å². The number of fused-ring (bicyclic) bond motifs is 2. The molecule has 0 radical (unpaired) electrons. The smallest absolute Gasteiger partial charge is 0.318 e. The quantitative estimate of drug-likeness (QED) is 0.894. The molecule has 1 atom stereocenters. The lowest BCUT2D eigenvalue weighted by atomic mass is 9.87. The molecule has 0 bridgehead atoms. The summed E-state index contributed by atoms with van der Waals surface area (Å²) in [4.78, 5) is 26.3. The predicted octanol–water partition coefficient (Wildman–Crippen LogP) is 2.16. The number of amides is 3. The third kappa shape index (κ3) is 3.19. The largest absolute Gasteiger partial charge is 0.354 e. The Bertz CT molecular complexity index is 610. The van der Waals surface area contributed by atoms with Gasteiger partial charge in [0.25, 0.3) is 0 Å². The standard InChI is InChI=1S/C18H25N3O2/c1-3-10-19-16(22)13(2)20-17(23)21-11-14-6-4-5-7-15(14)18(12-21)8-9-18/h4-7,13H,3,8-12H2,1-2H3,(H,19,22)(H,20,23). The number of carbonyl (C=O) groups is 2. The molecule has 1 spiro atoms. The molecule has 1 aromatic rings. The molecule has 124 valence electrons. The van der Waals surface area contributed by atoms with E-state index in [9.17, 15) is 9.59 Å². The van der Waals surface area contributed by atoms with Crippen LogP contribution in [0.25, 0.3) is 0 Å². The zero-order valence-corrected chi connectivity index (χ0v) is 13.9. The van der Waals surface area contributed by atoms with Gasteiger partial charge in [0.05, 0.1) is 0 Å². The number of benzene rings is 1. The lowest BCUT2D eigenvalue weighted by Gasteiger charge is -2.35. The number of nitrogens with zero attached hydrogens (tertiary/aromatic N) is 1. The molecule has 1 heterocycles. The molecule has 0 aromatic heterocycles. The first-order chi connectivity index (χ1) is 11.1. The van der Waals surface area contributed by atoms with Crippen LogP contribution in [0.5, 0.6) is 0 Å². The van der Waals surface area contributed by atoms with Crippen LogP contribution in [0.3, 0.4) is 0 Å². The Morgan fingerprint density at radius 1 is 1.30 bits per heavy atom. The summed E-state index contributed by atoms with van der Waals surface area (Å²) in [5.41, 5.74) is 2.78. The summed E-state index contributed by atoms with van der Waals surface area (Å²) < 4.78 is 0. The molecule has 1 saturated carbocycles. The van der Waals surface area contributed by atoms with E-state index in [1.165, 1.54) is 11.1 Å². The van der Waals surface area contributed by atoms with Crippen molar-refractivity contribution in [2.45, 2.75) is 51.1 Å². The highest BCUT2D eigenvalue weighted by atomic mass is 16.2. The van der Waals surface area contributed by atoms with E-state index in [4.69, 9.17) is 0 Å². The molecule has 0 saturated heterocycles. The summed E-state index contributed by atoms with van der Waals surface area (Å²) in [6.45, 7) is 5.74. The summed E-state index contributed by atoms with van der Waals surface area (Å²) in [6.07, 6.45) is 3.17. The minimum atomic E-state index is -0.513. The molecule has 1 aromatic carbocycles. The van der Waals surface area contributed by atoms with Crippen LogP contribution < -0.4 is 10.6 Å². The second-order valence-electron chi connectivity index (χ2n) is 6.76. The van der Waals surface area contributed by atoms with Crippen molar-refractivity contribution in [3.8, 4) is 0 Å². The first-order valence-electron chi connectivity index (χ1n) is 8.47. The first kappa shape index (κ1) is 15.8. The second-order valence-corrected chi connectivity index (χ2v) is 6.76. The lowest BCUT2D eigenvalue weighted by molar-refractivity contribution is -0.122. The van der Waals surface area contributed by atoms with Gasteiger partial charge in [0.1, 0.15) is 6.04 Å². The molecular weight excluding hydrogens is 290 g/mol. The fourth-order valence-corrected chi connectivity index (χ4v) is 3.35. The highest BCUT2D eigenvalue weighted by Gasteiger charge is 2.49. The molecule has 1 fully saturated rings. The van der Waals surface area contributed by atoms with E-state index in [1.54, 1.807) is 6.92 Å². The van der Waals surface area contributed by atoms with Crippen LogP contribution in [-0.2, 0) is 16.8 Å². The van der Waals surface area contributed by atoms with Crippen molar-refractivity contribution in [2.24, 2.45) is 0 Å². The number of rotatable bonds is 4. The summed E-state index contributed by atoms with van der Waals surface area (Å²) >= 11 is 0. The Hall–Kier alpha value is -2.04. The molecular formula is C18H25N3O2. The number of hydrogen-bond donors (Lipinski definition) is 2. The predicted molar refractivity (Wildman–Crippen MR) is 89.1 cm³/mol. The van der Waals surface area contributed by atoms with Crippen molar-refractivity contribution >= 4 is 11.9 Å². The van der Waals surface area contributed by atoms with E-state index in [0.717, 1.165) is 25.8 Å². The molecule has 1 aliphatic carbocycles. The Morgan fingerprint density at radius 2 is 2.04 bits per heavy atom. The number of urea groups is 1. The summed E-state index contributed by atoms with van der Waals surface area (Å²) in [7, 11) is 0. The van der Waals surface area contributed by atoms with E-state index in [2.05, 4.69) is 28.8 Å². The molecule has 5 nitrogen and oxygen atoms in total. The number of carbonyl (C=O) groups excluding carboxylic acids is 2. The van der Waals surface area contributed by atoms with Crippen LogP contribution >= 0.6 is 0 Å². The van der Waals surface area contributed by atoms with Gasteiger partial charge in [0, 0.05) is 25.0 Å². The van der Waals surface area contributed by atoms with Crippen LogP contribution in [0.4, 0.5) is 4.79 Å². The average molecular weight is 315 g/mol. The van der Waals surface area contributed by atoms with Crippen molar-refractivity contribution in [1.29, 1.82) is 0 Å². The van der Waals surface area contributed by atoms with Crippen molar-refractivity contribution < 1.29 is 9.59 Å². The lowest BCUT2D eigenvalue weighted by Crippen LogP contribution is -2.52. The van der Waals surface area contributed by atoms with E-state index in [1.807, 2.05) is 17.9 Å². The SMILES string of the molecule is CCCNC(=O)C(C)NC(=O)N1Cc2ccccc2C2(CC2)C1. The fraction of sp³-hybridized carbons (Fsp3) is 0.556. The molecule has 23 heavy (non-hydrogen) atoms. The monoisotopic (exact) mass is 315 g/mol. The summed E-state index contributed by atoms with van der Waals surface area (Å²) in [6, 6.07) is 7.74. The average Bonchev–Trinajstić information content (AvgIpc) is 3.32. The molecule has 3 amide bonds. The van der Waals surface area contributed by atoms with Gasteiger partial charge < -0.3 is 15.5 Å². The third-order valence-corrected chi connectivity index (χ3v) is 4.87. The van der Waals surface area contributed by atoms with Crippen molar-refractivity contribution in [3.05, 3.63) is 35.4 Å². The van der Waals surface area contributed by atoms with Crippen LogP contribution in [0.15, 0.2) is 24.3 Å². The number of nitrogens with one attached hydrogen (secondary N) is 2. The van der Waals surface area contributed by atoms with Gasteiger partial charge in [-0.1, -0.05) is 31.2 Å². The zero-order valence-electron chi connectivity index (χ0n) is 13.9. The van der Waals surface area contributed by atoms with E-state index in [-0.39, 0.29) is 17.4 Å². The van der Waals surface area contributed by atoms with Gasteiger partial charge in [-0.15, -0.1) is 0 Å². The maximum Gasteiger partial charge on any atom is 0.318 e. The van der Waals surface area contributed by atoms with Crippen LogP contribution in [-0.4, -0.2) is 36.0 Å². The molecule has 1 aliphatic heterocycles. The normalized spacial score (nSPS) is 19.0. The number of hydrogen-bond acceptors (Lipinski definition) is 2. The van der Waals surface area contributed by atoms with E-state index >= 15 is 0 Å². The maximum atomic E-state index is 12.5.